The number of hydrogen-bond acceptors (Lipinski definition) is 2. The molecule has 0 radical (unpaired) electrons. The van der Waals surface area contributed by atoms with E-state index >= 15 is 0 Å². The van der Waals surface area contributed by atoms with Crippen LogP contribution in [-0.4, -0.2) is 5.97 Å². The van der Waals surface area contributed by atoms with Gasteiger partial charge in [-0.1, -0.05) is 34.0 Å². The molecule has 90 valence electrons. The van der Waals surface area contributed by atoms with E-state index in [1.807, 2.05) is 24.3 Å². The molecule has 0 N–H and O–H groups in total. The van der Waals surface area contributed by atoms with E-state index < -0.39 is 11.5 Å². The van der Waals surface area contributed by atoms with Crippen molar-refractivity contribution in [3.8, 4) is 12.3 Å². The van der Waals surface area contributed by atoms with Crippen LogP contribution in [0.25, 0.3) is 0 Å². The predicted octanol–water partition coefficient (Wildman–Crippen LogP) is 3.71. The summed E-state index contributed by atoms with van der Waals surface area (Å²) in [6, 6.07) is 7.41. The quantitative estimate of drug-likeness (QED) is 0.614. The summed E-state index contributed by atoms with van der Waals surface area (Å²) in [5.41, 5.74) is 0.248. The van der Waals surface area contributed by atoms with E-state index in [-0.39, 0.29) is 5.97 Å². The number of ether oxygens (including phenoxy) is 1. The fourth-order valence-corrected chi connectivity index (χ4v) is 1.38. The standard InChI is InChI=1S/C14H15BrO2/c1-5-12(17-13(16)14(2,3)4)10-6-8-11(15)9-7-10/h1,6-9,12H,2-4H3. The maximum Gasteiger partial charge on any atom is 0.312 e. The average Bonchev–Trinajstić information content (AvgIpc) is 2.25. The maximum atomic E-state index is 11.7. The molecule has 0 saturated carbocycles. The Hall–Kier alpha value is -1.27. The molecular weight excluding hydrogens is 280 g/mol. The Bertz CT molecular complexity index is 435. The summed E-state index contributed by atoms with van der Waals surface area (Å²) in [7, 11) is 0. The van der Waals surface area contributed by atoms with Crippen molar-refractivity contribution in [3.63, 3.8) is 0 Å². The van der Waals surface area contributed by atoms with Crippen LogP contribution in [0.3, 0.4) is 0 Å². The molecule has 1 unspecified atom stereocenters. The summed E-state index contributed by atoms with van der Waals surface area (Å²) >= 11 is 3.34. The first kappa shape index (κ1) is 13.8. The van der Waals surface area contributed by atoms with Gasteiger partial charge in [-0.25, -0.2) is 0 Å². The third-order valence-corrected chi connectivity index (χ3v) is 2.69. The molecule has 1 atom stereocenters. The second kappa shape index (κ2) is 5.37. The summed E-state index contributed by atoms with van der Waals surface area (Å²) in [6.07, 6.45) is 4.77. The van der Waals surface area contributed by atoms with Crippen molar-refractivity contribution in [1.29, 1.82) is 0 Å². The molecule has 17 heavy (non-hydrogen) atoms. The lowest BCUT2D eigenvalue weighted by molar-refractivity contribution is -0.156. The Kier molecular flexibility index (Phi) is 4.36. The Morgan fingerprint density at radius 3 is 2.29 bits per heavy atom. The van der Waals surface area contributed by atoms with Crippen LogP contribution in [0.1, 0.15) is 32.4 Å². The lowest BCUT2D eigenvalue weighted by Crippen LogP contribution is -2.24. The molecule has 0 aromatic heterocycles. The van der Waals surface area contributed by atoms with Crippen molar-refractivity contribution in [2.24, 2.45) is 5.41 Å². The van der Waals surface area contributed by atoms with Gasteiger partial charge in [-0.3, -0.25) is 4.79 Å². The van der Waals surface area contributed by atoms with Crippen LogP contribution in [0, 0.1) is 17.8 Å². The van der Waals surface area contributed by atoms with Crippen LogP contribution in [0.15, 0.2) is 28.7 Å². The number of hydrogen-bond donors (Lipinski definition) is 0. The molecule has 3 heteroatoms. The Balaban J connectivity index is 2.84. The van der Waals surface area contributed by atoms with E-state index in [0.717, 1.165) is 10.0 Å². The van der Waals surface area contributed by atoms with Crippen LogP contribution >= 0.6 is 15.9 Å². The highest BCUT2D eigenvalue weighted by Gasteiger charge is 2.26. The highest BCUT2D eigenvalue weighted by molar-refractivity contribution is 9.10. The van der Waals surface area contributed by atoms with Gasteiger partial charge in [0.2, 0.25) is 0 Å². The second-order valence-corrected chi connectivity index (χ2v) is 5.67. The highest BCUT2D eigenvalue weighted by Crippen LogP contribution is 2.24. The van der Waals surface area contributed by atoms with E-state index in [2.05, 4.69) is 21.9 Å². The lowest BCUT2D eigenvalue weighted by atomic mass is 9.97. The third-order valence-electron chi connectivity index (χ3n) is 2.16. The smallest absolute Gasteiger partial charge is 0.312 e. The van der Waals surface area contributed by atoms with Crippen molar-refractivity contribution in [2.75, 3.05) is 0 Å². The van der Waals surface area contributed by atoms with E-state index in [4.69, 9.17) is 11.2 Å². The normalized spacial score (nSPS) is 12.6. The molecule has 0 heterocycles. The second-order valence-electron chi connectivity index (χ2n) is 4.75. The highest BCUT2D eigenvalue weighted by atomic mass is 79.9. The molecule has 2 nitrogen and oxygen atoms in total. The average molecular weight is 295 g/mol. The zero-order valence-corrected chi connectivity index (χ0v) is 11.7. The van der Waals surface area contributed by atoms with Gasteiger partial charge in [-0.2, -0.15) is 0 Å². The summed E-state index contributed by atoms with van der Waals surface area (Å²) in [4.78, 5) is 11.7. The molecule has 0 aliphatic carbocycles. The number of benzene rings is 1. The molecule has 0 saturated heterocycles. The molecule has 0 aliphatic heterocycles. The van der Waals surface area contributed by atoms with E-state index in [1.165, 1.54) is 0 Å². The van der Waals surface area contributed by atoms with Gasteiger partial charge in [0.15, 0.2) is 6.10 Å². The van der Waals surface area contributed by atoms with Crippen molar-refractivity contribution < 1.29 is 9.53 Å². The molecule has 1 aromatic rings. The fraction of sp³-hybridized carbons (Fsp3) is 0.357. The summed E-state index contributed by atoms with van der Waals surface area (Å²) in [6.45, 7) is 5.39. The minimum atomic E-state index is -0.630. The molecule has 1 rings (SSSR count). The van der Waals surface area contributed by atoms with Crippen LogP contribution in [0.5, 0.6) is 0 Å². The number of halogens is 1. The molecule has 0 aliphatic rings. The van der Waals surface area contributed by atoms with E-state index in [1.54, 1.807) is 20.8 Å². The zero-order chi connectivity index (χ0) is 13.1. The van der Waals surface area contributed by atoms with Gasteiger partial charge in [-0.05, 0) is 32.9 Å². The predicted molar refractivity (Wildman–Crippen MR) is 71.3 cm³/mol. The third kappa shape index (κ3) is 3.90. The molecule has 1 aromatic carbocycles. The number of carbonyl (C=O) groups is 1. The monoisotopic (exact) mass is 294 g/mol. The number of rotatable bonds is 2. The number of terminal acetylenes is 1. The van der Waals surface area contributed by atoms with Gasteiger partial charge in [-0.15, -0.1) is 6.42 Å². The van der Waals surface area contributed by atoms with Crippen LogP contribution in [0.2, 0.25) is 0 Å². The van der Waals surface area contributed by atoms with Crippen molar-refractivity contribution in [3.05, 3.63) is 34.3 Å². The van der Waals surface area contributed by atoms with Crippen molar-refractivity contribution in [1.82, 2.24) is 0 Å². The van der Waals surface area contributed by atoms with Gasteiger partial charge < -0.3 is 4.74 Å². The van der Waals surface area contributed by atoms with Crippen molar-refractivity contribution in [2.45, 2.75) is 26.9 Å². The Morgan fingerprint density at radius 1 is 1.35 bits per heavy atom. The van der Waals surface area contributed by atoms with Crippen LogP contribution in [0.4, 0.5) is 0 Å². The minimum absolute atomic E-state index is 0.302. The van der Waals surface area contributed by atoms with Crippen molar-refractivity contribution >= 4 is 21.9 Å². The molecule has 0 spiro atoms. The van der Waals surface area contributed by atoms with E-state index in [0.29, 0.717) is 0 Å². The topological polar surface area (TPSA) is 26.3 Å². The number of carbonyl (C=O) groups excluding carboxylic acids is 1. The number of esters is 1. The summed E-state index contributed by atoms with van der Waals surface area (Å²) in [5, 5.41) is 0. The fourth-order valence-electron chi connectivity index (χ4n) is 1.12. The lowest BCUT2D eigenvalue weighted by Gasteiger charge is -2.20. The molecule has 0 bridgehead atoms. The minimum Gasteiger partial charge on any atom is -0.444 e. The van der Waals surface area contributed by atoms with Gasteiger partial charge in [0.1, 0.15) is 0 Å². The molecule has 0 amide bonds. The zero-order valence-electron chi connectivity index (χ0n) is 10.2. The largest absolute Gasteiger partial charge is 0.444 e. The Morgan fingerprint density at radius 2 is 1.88 bits per heavy atom. The molecule has 0 fully saturated rings. The van der Waals surface area contributed by atoms with Gasteiger partial charge in [0.05, 0.1) is 5.41 Å². The van der Waals surface area contributed by atoms with Gasteiger partial charge in [0.25, 0.3) is 0 Å². The van der Waals surface area contributed by atoms with Crippen LogP contribution < -0.4 is 0 Å². The van der Waals surface area contributed by atoms with E-state index in [9.17, 15) is 4.79 Å². The summed E-state index contributed by atoms with van der Waals surface area (Å²) in [5.74, 6) is 2.18. The SMILES string of the molecule is C#CC(OC(=O)C(C)(C)C)c1ccc(Br)cc1. The molecular formula is C14H15BrO2. The van der Waals surface area contributed by atoms with Crippen LogP contribution in [-0.2, 0) is 9.53 Å². The first-order valence-electron chi connectivity index (χ1n) is 5.27. The van der Waals surface area contributed by atoms with Gasteiger partial charge in [0, 0.05) is 10.0 Å². The maximum absolute atomic E-state index is 11.7. The van der Waals surface area contributed by atoms with Gasteiger partial charge >= 0.3 is 5.97 Å². The first-order chi connectivity index (χ1) is 7.84. The first-order valence-corrected chi connectivity index (χ1v) is 6.06. The Labute approximate surface area is 110 Å². The summed E-state index contributed by atoms with van der Waals surface area (Å²) < 4.78 is 6.26.